The normalized spacial score (nSPS) is 16.6. The van der Waals surface area contributed by atoms with E-state index in [1.54, 1.807) is 18.2 Å². The minimum absolute atomic E-state index is 0.197. The molecule has 1 aliphatic heterocycles. The van der Waals surface area contributed by atoms with Gasteiger partial charge in [-0.2, -0.15) is 13.2 Å². The van der Waals surface area contributed by atoms with Crippen molar-refractivity contribution in [2.75, 3.05) is 32.7 Å². The van der Waals surface area contributed by atoms with E-state index < -0.39 is 18.8 Å². The van der Waals surface area contributed by atoms with Crippen LogP contribution in [0.25, 0.3) is 0 Å². The molecule has 0 saturated carbocycles. The minimum Gasteiger partial charge on any atom is -0.508 e. The predicted molar refractivity (Wildman–Crippen MR) is 74.4 cm³/mol. The average molecular weight is 317 g/mol. The van der Waals surface area contributed by atoms with Gasteiger partial charge in [0, 0.05) is 32.7 Å². The first-order chi connectivity index (χ1) is 10.3. The lowest BCUT2D eigenvalue weighted by Gasteiger charge is -2.34. The monoisotopic (exact) mass is 317 g/mol. The highest BCUT2D eigenvalue weighted by molar-refractivity contribution is 5.74. The summed E-state index contributed by atoms with van der Waals surface area (Å²) in [6.07, 6.45) is -4.40. The number of amides is 2. The number of carbonyl (C=O) groups is 1. The molecule has 1 aliphatic rings. The fraction of sp³-hybridized carbons (Fsp3) is 0.500. The summed E-state index contributed by atoms with van der Waals surface area (Å²) in [6, 6.07) is 6.22. The van der Waals surface area contributed by atoms with Crippen molar-refractivity contribution in [3.8, 4) is 5.75 Å². The van der Waals surface area contributed by atoms with Crippen molar-refractivity contribution in [3.05, 3.63) is 29.8 Å². The number of halogens is 3. The molecule has 22 heavy (non-hydrogen) atoms. The molecule has 5 nitrogen and oxygen atoms in total. The van der Waals surface area contributed by atoms with Gasteiger partial charge in [-0.05, 0) is 17.7 Å². The Hall–Kier alpha value is -1.96. The zero-order valence-electron chi connectivity index (χ0n) is 11.9. The summed E-state index contributed by atoms with van der Waals surface area (Å²) in [5.41, 5.74) is 0.954. The van der Waals surface area contributed by atoms with Crippen molar-refractivity contribution in [1.29, 1.82) is 0 Å². The lowest BCUT2D eigenvalue weighted by atomic mass is 10.2. The topological polar surface area (TPSA) is 55.8 Å². The third kappa shape index (κ3) is 5.10. The van der Waals surface area contributed by atoms with Crippen LogP contribution in [0.3, 0.4) is 0 Å². The first-order valence-corrected chi connectivity index (χ1v) is 6.93. The second-order valence-corrected chi connectivity index (χ2v) is 5.21. The van der Waals surface area contributed by atoms with Gasteiger partial charge in [-0.25, -0.2) is 4.79 Å². The van der Waals surface area contributed by atoms with Gasteiger partial charge >= 0.3 is 12.2 Å². The number of hydrogen-bond donors (Lipinski definition) is 2. The number of benzene rings is 1. The molecule has 8 heteroatoms. The molecule has 122 valence electrons. The molecule has 2 rings (SSSR count). The predicted octanol–water partition coefficient (Wildman–Crippen LogP) is 1.78. The standard InChI is InChI=1S/C14H18F3N3O2/c15-14(16,17)10-18-13(22)20-6-4-19(5-7-20)9-11-2-1-3-12(21)8-11/h1-3,8,21H,4-7,9-10H2,(H,18,22). The summed E-state index contributed by atoms with van der Waals surface area (Å²) in [5, 5.41) is 11.3. The van der Waals surface area contributed by atoms with Crippen molar-refractivity contribution in [2.45, 2.75) is 12.7 Å². The van der Waals surface area contributed by atoms with Gasteiger partial charge in [-0.1, -0.05) is 12.1 Å². The quantitative estimate of drug-likeness (QED) is 0.893. The molecule has 1 aromatic rings. The second-order valence-electron chi connectivity index (χ2n) is 5.21. The largest absolute Gasteiger partial charge is 0.508 e. The van der Waals surface area contributed by atoms with E-state index in [4.69, 9.17) is 0 Å². The number of aromatic hydroxyl groups is 1. The van der Waals surface area contributed by atoms with E-state index in [1.165, 1.54) is 4.90 Å². The van der Waals surface area contributed by atoms with Gasteiger partial charge < -0.3 is 15.3 Å². The third-order valence-electron chi connectivity index (χ3n) is 3.42. The van der Waals surface area contributed by atoms with Crippen molar-refractivity contribution >= 4 is 6.03 Å². The smallest absolute Gasteiger partial charge is 0.405 e. The van der Waals surface area contributed by atoms with E-state index >= 15 is 0 Å². The Morgan fingerprint density at radius 3 is 2.50 bits per heavy atom. The molecule has 0 radical (unpaired) electrons. The molecule has 1 aromatic carbocycles. The highest BCUT2D eigenvalue weighted by Gasteiger charge is 2.29. The zero-order chi connectivity index (χ0) is 16.2. The molecule has 0 bridgehead atoms. The molecule has 0 spiro atoms. The Morgan fingerprint density at radius 2 is 1.91 bits per heavy atom. The molecular formula is C14H18F3N3O2. The first-order valence-electron chi connectivity index (χ1n) is 6.93. The number of phenols is 1. The molecule has 0 aliphatic carbocycles. The Balaban J connectivity index is 1.77. The summed E-state index contributed by atoms with van der Waals surface area (Å²) >= 11 is 0. The number of piperazine rings is 1. The van der Waals surface area contributed by atoms with Crippen LogP contribution in [-0.2, 0) is 6.54 Å². The summed E-state index contributed by atoms with van der Waals surface area (Å²) in [6.45, 7) is 1.23. The van der Waals surface area contributed by atoms with Gasteiger partial charge in [0.25, 0.3) is 0 Å². The molecule has 0 unspecified atom stereocenters. The van der Waals surface area contributed by atoms with E-state index in [0.717, 1.165) is 5.56 Å². The molecule has 2 N–H and O–H groups in total. The van der Waals surface area contributed by atoms with Crippen LogP contribution in [0.5, 0.6) is 5.75 Å². The number of alkyl halides is 3. The van der Waals surface area contributed by atoms with E-state index in [-0.39, 0.29) is 5.75 Å². The highest BCUT2D eigenvalue weighted by Crippen LogP contribution is 2.15. The maximum atomic E-state index is 12.1. The van der Waals surface area contributed by atoms with Gasteiger partial charge in [0.05, 0.1) is 0 Å². The van der Waals surface area contributed by atoms with Crippen molar-refractivity contribution in [1.82, 2.24) is 15.1 Å². The summed E-state index contributed by atoms with van der Waals surface area (Å²) in [7, 11) is 0. The lowest BCUT2D eigenvalue weighted by molar-refractivity contribution is -0.123. The zero-order valence-corrected chi connectivity index (χ0v) is 11.9. The van der Waals surface area contributed by atoms with Gasteiger partial charge in [-0.3, -0.25) is 4.90 Å². The van der Waals surface area contributed by atoms with E-state index in [9.17, 15) is 23.1 Å². The van der Waals surface area contributed by atoms with Gasteiger partial charge in [0.2, 0.25) is 0 Å². The maximum Gasteiger partial charge on any atom is 0.405 e. The van der Waals surface area contributed by atoms with Crippen LogP contribution in [0.1, 0.15) is 5.56 Å². The number of nitrogens with one attached hydrogen (secondary N) is 1. The average Bonchev–Trinajstić information content (AvgIpc) is 2.45. The first kappa shape index (κ1) is 16.4. The van der Waals surface area contributed by atoms with Crippen LogP contribution >= 0.6 is 0 Å². The van der Waals surface area contributed by atoms with Crippen molar-refractivity contribution in [2.24, 2.45) is 0 Å². The molecule has 1 fully saturated rings. The van der Waals surface area contributed by atoms with Gasteiger partial charge in [0.15, 0.2) is 0 Å². The Morgan fingerprint density at radius 1 is 1.23 bits per heavy atom. The summed E-state index contributed by atoms with van der Waals surface area (Å²) in [5.74, 6) is 0.197. The van der Waals surface area contributed by atoms with Crippen LogP contribution in [0.2, 0.25) is 0 Å². The fourth-order valence-corrected chi connectivity index (χ4v) is 2.31. The Labute approximate surface area is 126 Å². The molecular weight excluding hydrogens is 299 g/mol. The molecule has 0 aromatic heterocycles. The van der Waals surface area contributed by atoms with Crippen LogP contribution in [0.15, 0.2) is 24.3 Å². The summed E-state index contributed by atoms with van der Waals surface area (Å²) in [4.78, 5) is 15.1. The number of rotatable bonds is 3. The SMILES string of the molecule is O=C(NCC(F)(F)F)N1CCN(Cc2cccc(O)c2)CC1. The minimum atomic E-state index is -4.40. The number of hydrogen-bond acceptors (Lipinski definition) is 3. The Bertz CT molecular complexity index is 514. The van der Waals surface area contributed by atoms with Crippen LogP contribution in [0, 0.1) is 0 Å². The number of phenolic OH excluding ortho intramolecular Hbond substituents is 1. The van der Waals surface area contributed by atoms with E-state index in [0.29, 0.717) is 32.7 Å². The molecule has 2 amide bonds. The second kappa shape index (κ2) is 6.87. The number of urea groups is 1. The molecule has 1 heterocycles. The van der Waals surface area contributed by atoms with Gasteiger partial charge in [-0.15, -0.1) is 0 Å². The fourth-order valence-electron chi connectivity index (χ4n) is 2.31. The number of nitrogens with zero attached hydrogens (tertiary/aromatic N) is 2. The lowest BCUT2D eigenvalue weighted by Crippen LogP contribution is -2.52. The summed E-state index contributed by atoms with van der Waals surface area (Å²) < 4.78 is 36.2. The van der Waals surface area contributed by atoms with E-state index in [1.807, 2.05) is 11.4 Å². The van der Waals surface area contributed by atoms with Crippen LogP contribution in [0.4, 0.5) is 18.0 Å². The van der Waals surface area contributed by atoms with Crippen LogP contribution in [-0.4, -0.2) is 59.8 Å². The maximum absolute atomic E-state index is 12.1. The third-order valence-corrected chi connectivity index (χ3v) is 3.42. The van der Waals surface area contributed by atoms with E-state index in [2.05, 4.69) is 4.90 Å². The van der Waals surface area contributed by atoms with Crippen molar-refractivity contribution in [3.63, 3.8) is 0 Å². The number of carbonyl (C=O) groups excluding carboxylic acids is 1. The molecule has 0 atom stereocenters. The Kier molecular flexibility index (Phi) is 5.12. The molecule has 1 saturated heterocycles. The van der Waals surface area contributed by atoms with Crippen molar-refractivity contribution < 1.29 is 23.1 Å². The highest BCUT2D eigenvalue weighted by atomic mass is 19.4. The van der Waals surface area contributed by atoms with Gasteiger partial charge in [0.1, 0.15) is 12.3 Å². The van der Waals surface area contributed by atoms with Crippen LogP contribution < -0.4 is 5.32 Å².